The Morgan fingerprint density at radius 1 is 0.829 bits per heavy atom. The molecule has 1 aromatic rings. The van der Waals surface area contributed by atoms with Crippen LogP contribution >= 0.6 is 0 Å². The van der Waals surface area contributed by atoms with Gasteiger partial charge in [0.2, 0.25) is 0 Å². The second-order valence-corrected chi connectivity index (χ2v) is 11.9. The third kappa shape index (κ3) is 7.07. The van der Waals surface area contributed by atoms with Crippen LogP contribution in [0.5, 0.6) is 0 Å². The summed E-state index contributed by atoms with van der Waals surface area (Å²) in [7, 11) is 0. The summed E-state index contributed by atoms with van der Waals surface area (Å²) in [5.74, 6) is 2.83. The van der Waals surface area contributed by atoms with Crippen LogP contribution in [0.1, 0.15) is 121 Å². The van der Waals surface area contributed by atoms with Crippen molar-refractivity contribution in [1.29, 1.82) is 0 Å². The molecule has 0 heterocycles. The summed E-state index contributed by atoms with van der Waals surface area (Å²) in [6.45, 7) is 4.59. The zero-order valence-corrected chi connectivity index (χ0v) is 22.3. The van der Waals surface area contributed by atoms with E-state index < -0.39 is 11.6 Å². The fraction of sp³-hybridized carbons (Fsp3) is 0.697. The van der Waals surface area contributed by atoms with Crippen molar-refractivity contribution in [2.75, 3.05) is 0 Å². The van der Waals surface area contributed by atoms with Gasteiger partial charge in [-0.1, -0.05) is 76.3 Å². The molecule has 0 spiro atoms. The van der Waals surface area contributed by atoms with E-state index in [0.717, 1.165) is 54.9 Å². The van der Waals surface area contributed by atoms with Crippen molar-refractivity contribution in [2.24, 2.45) is 29.6 Å². The number of benzene rings is 1. The molecule has 3 aliphatic carbocycles. The number of aryl methyl sites for hydroxylation is 1. The van der Waals surface area contributed by atoms with Crippen LogP contribution in [0.4, 0.5) is 8.78 Å². The van der Waals surface area contributed by atoms with Crippen molar-refractivity contribution in [3.63, 3.8) is 0 Å². The lowest BCUT2D eigenvalue weighted by Gasteiger charge is -2.35. The van der Waals surface area contributed by atoms with Crippen LogP contribution in [0.25, 0.3) is 5.57 Å². The molecule has 35 heavy (non-hydrogen) atoms. The average molecular weight is 483 g/mol. The Morgan fingerprint density at radius 3 is 2.23 bits per heavy atom. The van der Waals surface area contributed by atoms with Crippen LogP contribution in [0.15, 0.2) is 30.4 Å². The van der Waals surface area contributed by atoms with Gasteiger partial charge < -0.3 is 0 Å². The lowest BCUT2D eigenvalue weighted by atomic mass is 9.70. The number of allylic oxidation sites excluding steroid dienone is 4. The molecule has 194 valence electrons. The molecule has 0 saturated heterocycles. The topological polar surface area (TPSA) is 0 Å². The molecule has 0 bridgehead atoms. The molecule has 0 amide bonds. The number of hydrogen-bond donors (Lipinski definition) is 0. The first-order valence-corrected chi connectivity index (χ1v) is 14.9. The van der Waals surface area contributed by atoms with E-state index in [-0.39, 0.29) is 0 Å². The molecule has 1 atom stereocenters. The van der Waals surface area contributed by atoms with Crippen molar-refractivity contribution in [2.45, 2.75) is 117 Å². The van der Waals surface area contributed by atoms with Crippen LogP contribution in [0.2, 0.25) is 0 Å². The zero-order valence-electron chi connectivity index (χ0n) is 22.3. The van der Waals surface area contributed by atoms with Gasteiger partial charge in [0, 0.05) is 5.56 Å². The highest BCUT2D eigenvalue weighted by atomic mass is 19.2. The van der Waals surface area contributed by atoms with Crippen LogP contribution < -0.4 is 0 Å². The van der Waals surface area contributed by atoms with Gasteiger partial charge in [0.15, 0.2) is 11.6 Å². The van der Waals surface area contributed by atoms with Crippen LogP contribution in [0, 0.1) is 41.2 Å². The van der Waals surface area contributed by atoms with E-state index in [9.17, 15) is 4.39 Å². The summed E-state index contributed by atoms with van der Waals surface area (Å²) in [5, 5.41) is 0. The minimum atomic E-state index is -0.631. The highest BCUT2D eigenvalue weighted by Gasteiger charge is 2.29. The number of rotatable bonds is 9. The molecule has 3 aliphatic rings. The first kappa shape index (κ1) is 26.6. The molecule has 0 nitrogen and oxygen atoms in total. The second-order valence-electron chi connectivity index (χ2n) is 11.9. The molecule has 0 radical (unpaired) electrons. The maximum atomic E-state index is 15.0. The standard InChI is InChI=1S/C33H48F2/c1-3-7-25-10-12-26(13-11-25)8-5-6-9-30-22-23-31(33(35)32(30)34)29-20-18-28(19-21-29)27-16-14-24(4-2)15-17-27/h5,8,20,22-28H,3-4,6-7,9-19,21H2,1-2H3/b8-5+. The molecule has 2 heteroatoms. The van der Waals surface area contributed by atoms with Crippen molar-refractivity contribution >= 4 is 5.57 Å². The first-order valence-electron chi connectivity index (χ1n) is 14.9. The van der Waals surface area contributed by atoms with Crippen molar-refractivity contribution in [3.8, 4) is 0 Å². The minimum absolute atomic E-state index is 0.499. The Hall–Kier alpha value is -1.44. The summed E-state index contributed by atoms with van der Waals surface area (Å²) in [6, 6.07) is 3.67. The normalized spacial score (nSPS) is 29.9. The molecule has 0 aliphatic heterocycles. The average Bonchev–Trinajstić information content (AvgIpc) is 2.90. The van der Waals surface area contributed by atoms with Gasteiger partial charge in [0.1, 0.15) is 0 Å². The van der Waals surface area contributed by atoms with Crippen LogP contribution in [-0.4, -0.2) is 0 Å². The summed E-state index contributed by atoms with van der Waals surface area (Å²) in [6.07, 6.45) is 25.9. The van der Waals surface area contributed by atoms with Gasteiger partial charge in [-0.2, -0.15) is 0 Å². The lowest BCUT2D eigenvalue weighted by Crippen LogP contribution is -2.23. The Labute approximate surface area is 213 Å². The molecular formula is C33H48F2. The van der Waals surface area contributed by atoms with E-state index in [1.807, 2.05) is 12.1 Å². The number of hydrogen-bond acceptors (Lipinski definition) is 0. The van der Waals surface area contributed by atoms with Gasteiger partial charge in [-0.25, -0.2) is 8.78 Å². The highest BCUT2D eigenvalue weighted by molar-refractivity contribution is 5.67. The van der Waals surface area contributed by atoms with Gasteiger partial charge in [0.25, 0.3) is 0 Å². The zero-order chi connectivity index (χ0) is 24.6. The SMILES string of the molecule is CCCC1CCC(/C=C/CCc2ccc(C3=CCC(C4CCC(CC)CC4)CC3)c(F)c2F)CC1. The Bertz CT molecular complexity index is 850. The van der Waals surface area contributed by atoms with E-state index in [2.05, 4.69) is 32.1 Å². The van der Waals surface area contributed by atoms with E-state index in [1.54, 1.807) is 0 Å². The van der Waals surface area contributed by atoms with E-state index in [1.165, 1.54) is 70.6 Å². The molecule has 2 saturated carbocycles. The predicted molar refractivity (Wildman–Crippen MR) is 145 cm³/mol. The summed E-state index contributed by atoms with van der Waals surface area (Å²) in [4.78, 5) is 0. The molecule has 0 N–H and O–H groups in total. The van der Waals surface area contributed by atoms with E-state index in [4.69, 9.17) is 0 Å². The maximum Gasteiger partial charge on any atom is 0.166 e. The molecular weight excluding hydrogens is 434 g/mol. The van der Waals surface area contributed by atoms with E-state index >= 15 is 4.39 Å². The van der Waals surface area contributed by atoms with Crippen molar-refractivity contribution in [3.05, 3.63) is 53.1 Å². The first-order chi connectivity index (χ1) is 17.1. The summed E-state index contributed by atoms with van der Waals surface area (Å²) < 4.78 is 30.0. The summed E-state index contributed by atoms with van der Waals surface area (Å²) >= 11 is 0. The highest BCUT2D eigenvalue weighted by Crippen LogP contribution is 2.42. The molecule has 1 unspecified atom stereocenters. The van der Waals surface area contributed by atoms with Gasteiger partial charge in [-0.05, 0) is 111 Å². The lowest BCUT2D eigenvalue weighted by molar-refractivity contribution is 0.192. The third-order valence-corrected chi connectivity index (χ3v) is 9.67. The monoisotopic (exact) mass is 482 g/mol. The fourth-order valence-corrected chi connectivity index (χ4v) is 7.23. The van der Waals surface area contributed by atoms with Gasteiger partial charge in [-0.3, -0.25) is 0 Å². The quantitative estimate of drug-likeness (QED) is 0.307. The van der Waals surface area contributed by atoms with Crippen molar-refractivity contribution in [1.82, 2.24) is 0 Å². The maximum absolute atomic E-state index is 15.0. The fourth-order valence-electron chi connectivity index (χ4n) is 7.23. The van der Waals surface area contributed by atoms with Gasteiger partial charge in [-0.15, -0.1) is 0 Å². The van der Waals surface area contributed by atoms with Crippen LogP contribution in [-0.2, 0) is 6.42 Å². The summed E-state index contributed by atoms with van der Waals surface area (Å²) in [5.41, 5.74) is 2.04. The van der Waals surface area contributed by atoms with Crippen molar-refractivity contribution < 1.29 is 8.78 Å². The van der Waals surface area contributed by atoms with Gasteiger partial charge >= 0.3 is 0 Å². The second kappa shape index (κ2) is 13.2. The predicted octanol–water partition coefficient (Wildman–Crippen LogP) is 10.5. The van der Waals surface area contributed by atoms with E-state index in [0.29, 0.717) is 23.5 Å². The Balaban J connectivity index is 1.27. The van der Waals surface area contributed by atoms with Crippen LogP contribution in [0.3, 0.4) is 0 Å². The smallest absolute Gasteiger partial charge is 0.166 e. The molecule has 0 aromatic heterocycles. The molecule has 2 fully saturated rings. The third-order valence-electron chi connectivity index (χ3n) is 9.67. The molecule has 1 aromatic carbocycles. The largest absolute Gasteiger partial charge is 0.203 e. The number of halogens is 2. The Morgan fingerprint density at radius 2 is 1.57 bits per heavy atom. The Kier molecular flexibility index (Phi) is 10.0. The van der Waals surface area contributed by atoms with Gasteiger partial charge in [0.05, 0.1) is 0 Å². The molecule has 4 rings (SSSR count). The minimum Gasteiger partial charge on any atom is -0.203 e.